The van der Waals surface area contributed by atoms with Gasteiger partial charge in [0.05, 0.1) is 0 Å². The first-order valence-electron chi connectivity index (χ1n) is 2.79. The van der Waals surface area contributed by atoms with Gasteiger partial charge in [0.25, 0.3) is 5.95 Å². The Labute approximate surface area is 69.8 Å². The van der Waals surface area contributed by atoms with Crippen LogP contribution in [0.2, 0.25) is 0 Å². The number of hydrogen-bond acceptors (Lipinski definition) is 4. The summed E-state index contributed by atoms with van der Waals surface area (Å²) in [4.78, 5) is 3.99. The Kier molecular flexibility index (Phi) is 1.42. The topological polar surface area (TPSA) is 72.3 Å². The number of hydrogen-bond donors (Lipinski definition) is 1. The minimum absolute atomic E-state index is 0.516. The molecule has 0 aromatic carbocycles. The fourth-order valence-electron chi connectivity index (χ4n) is 0.653. The second-order valence-electron chi connectivity index (χ2n) is 1.80. The van der Waals surface area contributed by atoms with Crippen molar-refractivity contribution in [3.8, 4) is 5.95 Å². The van der Waals surface area contributed by atoms with Gasteiger partial charge in [-0.2, -0.15) is 4.98 Å². The zero-order valence-corrected chi connectivity index (χ0v) is 6.85. The summed E-state index contributed by atoms with van der Waals surface area (Å²) in [7, 11) is 0. The Morgan fingerprint density at radius 3 is 2.64 bits per heavy atom. The Morgan fingerprint density at radius 2 is 2.09 bits per heavy atom. The molecule has 0 saturated heterocycles. The quantitative estimate of drug-likeness (QED) is 0.734. The number of aromatic amines is 1. The minimum Gasteiger partial charge on any atom is -0.254 e. The van der Waals surface area contributed by atoms with Gasteiger partial charge in [-0.25, -0.2) is 0 Å². The molecule has 1 N–H and O–H groups in total. The third kappa shape index (κ3) is 1.14. The first kappa shape index (κ1) is 6.47. The van der Waals surface area contributed by atoms with Crippen molar-refractivity contribution in [1.82, 2.24) is 29.9 Å². The number of nitrogens with one attached hydrogen (secondary N) is 1. The van der Waals surface area contributed by atoms with Gasteiger partial charge in [-0.1, -0.05) is 0 Å². The van der Waals surface area contributed by atoms with Gasteiger partial charge < -0.3 is 0 Å². The van der Waals surface area contributed by atoms with Crippen LogP contribution >= 0.6 is 15.9 Å². The summed E-state index contributed by atoms with van der Waals surface area (Å²) in [6.07, 6.45) is 3.05. The van der Waals surface area contributed by atoms with E-state index in [-0.39, 0.29) is 0 Å². The molecule has 56 valence electrons. The normalized spacial score (nSPS) is 10.3. The lowest BCUT2D eigenvalue weighted by Crippen LogP contribution is -1.91. The maximum Gasteiger partial charge on any atom is 0.256 e. The lowest BCUT2D eigenvalue weighted by Gasteiger charge is -1.87. The lowest BCUT2D eigenvalue weighted by atomic mass is 10.9. The monoisotopic (exact) mass is 214 g/mol. The van der Waals surface area contributed by atoms with Crippen molar-refractivity contribution in [1.29, 1.82) is 0 Å². The first-order valence-corrected chi connectivity index (χ1v) is 3.58. The van der Waals surface area contributed by atoms with Crippen LogP contribution in [0, 0.1) is 0 Å². The summed E-state index contributed by atoms with van der Waals surface area (Å²) in [6.45, 7) is 0. The van der Waals surface area contributed by atoms with Gasteiger partial charge in [0.2, 0.25) is 0 Å². The van der Waals surface area contributed by atoms with Gasteiger partial charge in [0.1, 0.15) is 12.7 Å². The Balaban J connectivity index is 2.45. The van der Waals surface area contributed by atoms with E-state index in [1.807, 2.05) is 0 Å². The van der Waals surface area contributed by atoms with E-state index in [2.05, 4.69) is 41.3 Å². The molecule has 2 aromatic heterocycles. The molecule has 0 spiro atoms. The van der Waals surface area contributed by atoms with Crippen LogP contribution in [0.3, 0.4) is 0 Å². The number of rotatable bonds is 1. The first-order chi connectivity index (χ1) is 5.36. The summed E-state index contributed by atoms with van der Waals surface area (Å²) in [5.41, 5.74) is 0. The van der Waals surface area contributed by atoms with E-state index in [1.54, 1.807) is 4.57 Å². The number of aromatic nitrogens is 6. The van der Waals surface area contributed by atoms with E-state index in [4.69, 9.17) is 0 Å². The Morgan fingerprint density at radius 1 is 1.36 bits per heavy atom. The lowest BCUT2D eigenvalue weighted by molar-refractivity contribution is 0.929. The number of H-pyrrole nitrogens is 1. The highest BCUT2D eigenvalue weighted by Crippen LogP contribution is 2.03. The molecule has 0 atom stereocenters. The molecule has 2 aromatic rings. The van der Waals surface area contributed by atoms with Gasteiger partial charge in [-0.3, -0.25) is 9.67 Å². The van der Waals surface area contributed by atoms with Crippen LogP contribution in [0.5, 0.6) is 0 Å². The largest absolute Gasteiger partial charge is 0.256 e. The summed E-state index contributed by atoms with van der Waals surface area (Å²) >= 11 is 3.13. The fraction of sp³-hybridized carbons (Fsp3) is 0. The van der Waals surface area contributed by atoms with Crippen LogP contribution in [-0.2, 0) is 0 Å². The van der Waals surface area contributed by atoms with E-state index in [0.717, 1.165) is 0 Å². The third-order valence-electron chi connectivity index (χ3n) is 1.10. The predicted molar refractivity (Wildman–Crippen MR) is 39.0 cm³/mol. The van der Waals surface area contributed by atoms with Crippen molar-refractivity contribution in [2.24, 2.45) is 0 Å². The second kappa shape index (κ2) is 2.42. The summed E-state index contributed by atoms with van der Waals surface area (Å²) < 4.78 is 2.18. The van der Waals surface area contributed by atoms with E-state index in [9.17, 15) is 0 Å². The average Bonchev–Trinajstić information content (AvgIpc) is 2.55. The van der Waals surface area contributed by atoms with Crippen LogP contribution in [0.1, 0.15) is 0 Å². The highest BCUT2D eigenvalue weighted by atomic mass is 79.9. The highest BCUT2D eigenvalue weighted by Gasteiger charge is 2.00. The summed E-state index contributed by atoms with van der Waals surface area (Å²) in [5, 5.41) is 13.7. The SMILES string of the molecule is Brc1nc(-n2cnnc2)n[nH]1. The predicted octanol–water partition coefficient (Wildman–Crippen LogP) is 0.148. The third-order valence-corrected chi connectivity index (χ3v) is 1.45. The summed E-state index contributed by atoms with van der Waals surface area (Å²) in [5.74, 6) is 0.516. The molecule has 2 rings (SSSR count). The molecule has 0 saturated carbocycles. The van der Waals surface area contributed by atoms with Crippen molar-refractivity contribution in [2.45, 2.75) is 0 Å². The van der Waals surface area contributed by atoms with Crippen molar-refractivity contribution >= 4 is 15.9 Å². The molecule has 2 heterocycles. The molecule has 0 fully saturated rings. The maximum atomic E-state index is 3.99. The Bertz CT molecular complexity index is 337. The van der Waals surface area contributed by atoms with Gasteiger partial charge in [0.15, 0.2) is 4.73 Å². The van der Waals surface area contributed by atoms with Gasteiger partial charge in [0, 0.05) is 0 Å². The zero-order valence-electron chi connectivity index (χ0n) is 5.27. The van der Waals surface area contributed by atoms with Crippen LogP contribution < -0.4 is 0 Å². The molecule has 7 heteroatoms. The number of halogens is 1. The van der Waals surface area contributed by atoms with Crippen LogP contribution in [0.25, 0.3) is 5.95 Å². The highest BCUT2D eigenvalue weighted by molar-refractivity contribution is 9.10. The molecular weight excluding hydrogens is 212 g/mol. The van der Waals surface area contributed by atoms with E-state index in [1.165, 1.54) is 12.7 Å². The van der Waals surface area contributed by atoms with Crippen molar-refractivity contribution in [2.75, 3.05) is 0 Å². The van der Waals surface area contributed by atoms with Crippen LogP contribution in [-0.4, -0.2) is 29.9 Å². The summed E-state index contributed by atoms with van der Waals surface area (Å²) in [6, 6.07) is 0. The van der Waals surface area contributed by atoms with Crippen molar-refractivity contribution in [3.63, 3.8) is 0 Å². The molecule has 0 bridgehead atoms. The molecule has 0 aliphatic rings. The van der Waals surface area contributed by atoms with Gasteiger partial charge in [-0.05, 0) is 15.9 Å². The average molecular weight is 215 g/mol. The molecule has 0 aliphatic heterocycles. The van der Waals surface area contributed by atoms with Crippen molar-refractivity contribution < 1.29 is 0 Å². The molecule has 6 nitrogen and oxygen atoms in total. The van der Waals surface area contributed by atoms with E-state index in [0.29, 0.717) is 10.7 Å². The second-order valence-corrected chi connectivity index (χ2v) is 2.55. The molecular formula is C4H3BrN6. The van der Waals surface area contributed by atoms with Crippen LogP contribution in [0.15, 0.2) is 17.4 Å². The number of nitrogens with zero attached hydrogens (tertiary/aromatic N) is 5. The van der Waals surface area contributed by atoms with Gasteiger partial charge in [-0.15, -0.1) is 15.3 Å². The van der Waals surface area contributed by atoms with Crippen LogP contribution in [0.4, 0.5) is 0 Å². The minimum atomic E-state index is 0.516. The molecule has 0 amide bonds. The Hall–Kier alpha value is -1.24. The molecule has 0 radical (unpaired) electrons. The maximum absolute atomic E-state index is 3.99. The molecule has 0 aliphatic carbocycles. The van der Waals surface area contributed by atoms with E-state index < -0.39 is 0 Å². The van der Waals surface area contributed by atoms with E-state index >= 15 is 0 Å². The van der Waals surface area contributed by atoms with Gasteiger partial charge >= 0.3 is 0 Å². The zero-order chi connectivity index (χ0) is 7.68. The fourth-order valence-corrected chi connectivity index (χ4v) is 0.901. The standard InChI is InChI=1S/C4H3BrN6/c5-3-8-4(10-9-3)11-1-6-7-2-11/h1-2H,(H,8,9,10). The molecule has 0 unspecified atom stereocenters. The smallest absolute Gasteiger partial charge is 0.254 e. The van der Waals surface area contributed by atoms with Crippen molar-refractivity contribution in [3.05, 3.63) is 17.4 Å². The molecule has 11 heavy (non-hydrogen) atoms.